The topological polar surface area (TPSA) is 38.7 Å². The molecule has 1 N–H and O–H groups in total. The van der Waals surface area contributed by atoms with Gasteiger partial charge in [0.15, 0.2) is 11.5 Å². The molecule has 3 heteroatoms. The Hall–Kier alpha value is -2.16. The summed E-state index contributed by atoms with van der Waals surface area (Å²) in [5, 5.41) is 9.75. The Morgan fingerprint density at radius 3 is 2.24 bits per heavy atom. The van der Waals surface area contributed by atoms with Gasteiger partial charge in [-0.15, -0.1) is 0 Å². The van der Waals surface area contributed by atoms with Crippen LogP contribution in [0, 0.1) is 0 Å². The Morgan fingerprint density at radius 1 is 0.824 bits per heavy atom. The summed E-state index contributed by atoms with van der Waals surface area (Å²) < 4.78 is 10.5. The van der Waals surface area contributed by atoms with Crippen LogP contribution in [0.15, 0.2) is 42.5 Å². The van der Waals surface area contributed by atoms with Gasteiger partial charge in [0.05, 0.1) is 14.2 Å². The number of hydrogen-bond donors (Lipinski definition) is 1. The predicted octanol–water partition coefficient (Wildman–Crippen LogP) is 3.08. The number of phenolic OH excluding ortho intramolecular Hbond substituents is 1. The van der Waals surface area contributed by atoms with E-state index in [0.29, 0.717) is 5.75 Å². The van der Waals surface area contributed by atoms with E-state index in [0.717, 1.165) is 16.9 Å². The molecular weight excluding hydrogens is 216 g/mol. The molecule has 0 saturated heterocycles. The molecule has 0 heterocycles. The van der Waals surface area contributed by atoms with Gasteiger partial charge >= 0.3 is 0 Å². The molecule has 3 nitrogen and oxygen atoms in total. The van der Waals surface area contributed by atoms with Crippen molar-refractivity contribution in [2.75, 3.05) is 14.2 Å². The van der Waals surface area contributed by atoms with E-state index in [4.69, 9.17) is 9.47 Å². The molecule has 2 aromatic carbocycles. The molecule has 0 saturated carbocycles. The van der Waals surface area contributed by atoms with Crippen molar-refractivity contribution in [2.45, 2.75) is 0 Å². The molecule has 0 aromatic heterocycles. The minimum atomic E-state index is 0.121. The smallest absolute Gasteiger partial charge is 0.168 e. The van der Waals surface area contributed by atoms with Gasteiger partial charge in [-0.25, -0.2) is 0 Å². The molecule has 0 spiro atoms. The second kappa shape index (κ2) is 4.78. The van der Waals surface area contributed by atoms with E-state index >= 15 is 0 Å². The van der Waals surface area contributed by atoms with Crippen LogP contribution in [0.5, 0.6) is 17.2 Å². The number of methoxy groups -OCH3 is 2. The van der Waals surface area contributed by atoms with Crippen LogP contribution in [0.3, 0.4) is 0 Å². The average molecular weight is 230 g/mol. The highest BCUT2D eigenvalue weighted by molar-refractivity contribution is 5.78. The van der Waals surface area contributed by atoms with Crippen LogP contribution in [0.2, 0.25) is 0 Å². The van der Waals surface area contributed by atoms with Gasteiger partial charge in [-0.3, -0.25) is 0 Å². The third-order valence-corrected chi connectivity index (χ3v) is 2.60. The van der Waals surface area contributed by atoms with Crippen molar-refractivity contribution in [3.05, 3.63) is 42.5 Å². The molecule has 17 heavy (non-hydrogen) atoms. The van der Waals surface area contributed by atoms with Crippen molar-refractivity contribution in [2.24, 2.45) is 0 Å². The lowest BCUT2D eigenvalue weighted by atomic mass is 10.0. The van der Waals surface area contributed by atoms with Gasteiger partial charge in [-0.2, -0.15) is 0 Å². The van der Waals surface area contributed by atoms with Crippen LogP contribution >= 0.6 is 0 Å². The van der Waals surface area contributed by atoms with Crippen LogP contribution in [0.4, 0.5) is 0 Å². The molecule has 0 fully saturated rings. The zero-order chi connectivity index (χ0) is 12.3. The van der Waals surface area contributed by atoms with Crippen LogP contribution in [0.25, 0.3) is 11.1 Å². The lowest BCUT2D eigenvalue weighted by Gasteiger charge is -2.12. The molecule has 0 unspecified atom stereocenters. The Kier molecular flexibility index (Phi) is 3.19. The first-order chi connectivity index (χ1) is 8.27. The molecule has 0 aliphatic heterocycles. The number of aromatic hydroxyl groups is 1. The number of phenols is 1. The lowest BCUT2D eigenvalue weighted by Crippen LogP contribution is -1.91. The summed E-state index contributed by atoms with van der Waals surface area (Å²) in [5.41, 5.74) is 1.70. The summed E-state index contributed by atoms with van der Waals surface area (Å²) in [6.45, 7) is 0. The standard InChI is InChI=1S/C14H14O3/c1-16-13-9-4-3-6-10(13)11-7-5-8-12(15)14(11)17-2/h3-9,15H,1-2H3. The van der Waals surface area contributed by atoms with E-state index in [2.05, 4.69) is 0 Å². The van der Waals surface area contributed by atoms with Crippen molar-refractivity contribution in [1.29, 1.82) is 0 Å². The fourth-order valence-electron chi connectivity index (χ4n) is 1.82. The first kappa shape index (κ1) is 11.3. The van der Waals surface area contributed by atoms with Crippen LogP contribution in [-0.2, 0) is 0 Å². The highest BCUT2D eigenvalue weighted by Crippen LogP contribution is 2.40. The Bertz CT molecular complexity index is 521. The Morgan fingerprint density at radius 2 is 1.53 bits per heavy atom. The molecule has 0 bridgehead atoms. The van der Waals surface area contributed by atoms with Crippen LogP contribution in [-0.4, -0.2) is 19.3 Å². The largest absolute Gasteiger partial charge is 0.504 e. The number of rotatable bonds is 3. The minimum absolute atomic E-state index is 0.121. The third-order valence-electron chi connectivity index (χ3n) is 2.60. The average Bonchev–Trinajstić information content (AvgIpc) is 2.38. The SMILES string of the molecule is COc1ccccc1-c1cccc(O)c1OC. The van der Waals surface area contributed by atoms with Crippen molar-refractivity contribution < 1.29 is 14.6 Å². The molecule has 0 atom stereocenters. The van der Waals surface area contributed by atoms with Gasteiger partial charge in [0, 0.05) is 11.1 Å². The third kappa shape index (κ3) is 2.04. The summed E-state index contributed by atoms with van der Waals surface area (Å²) >= 11 is 0. The van der Waals surface area contributed by atoms with E-state index in [-0.39, 0.29) is 5.75 Å². The monoisotopic (exact) mass is 230 g/mol. The Balaban J connectivity index is 2.64. The fraction of sp³-hybridized carbons (Fsp3) is 0.143. The zero-order valence-corrected chi connectivity index (χ0v) is 9.81. The van der Waals surface area contributed by atoms with E-state index in [1.807, 2.05) is 30.3 Å². The fourth-order valence-corrected chi connectivity index (χ4v) is 1.82. The van der Waals surface area contributed by atoms with E-state index in [1.54, 1.807) is 19.2 Å². The molecule has 2 rings (SSSR count). The van der Waals surface area contributed by atoms with E-state index in [1.165, 1.54) is 7.11 Å². The maximum Gasteiger partial charge on any atom is 0.168 e. The van der Waals surface area contributed by atoms with Crippen LogP contribution < -0.4 is 9.47 Å². The summed E-state index contributed by atoms with van der Waals surface area (Å²) in [6, 6.07) is 12.9. The molecule has 0 aliphatic rings. The van der Waals surface area contributed by atoms with Gasteiger partial charge in [0.2, 0.25) is 0 Å². The zero-order valence-electron chi connectivity index (χ0n) is 9.81. The molecule has 0 aliphatic carbocycles. The first-order valence-electron chi connectivity index (χ1n) is 5.27. The number of benzene rings is 2. The maximum absolute atomic E-state index is 9.75. The number of hydrogen-bond acceptors (Lipinski definition) is 3. The maximum atomic E-state index is 9.75. The molecule has 88 valence electrons. The van der Waals surface area contributed by atoms with Gasteiger partial charge < -0.3 is 14.6 Å². The second-order valence-corrected chi connectivity index (χ2v) is 3.56. The normalized spacial score (nSPS) is 10.0. The second-order valence-electron chi connectivity index (χ2n) is 3.56. The summed E-state index contributed by atoms with van der Waals surface area (Å²) in [5.74, 6) is 1.32. The highest BCUT2D eigenvalue weighted by atomic mass is 16.5. The van der Waals surface area contributed by atoms with Gasteiger partial charge in [-0.05, 0) is 12.1 Å². The Labute approximate surface area is 100 Å². The quantitative estimate of drug-likeness (QED) is 0.880. The van der Waals surface area contributed by atoms with Crippen molar-refractivity contribution in [1.82, 2.24) is 0 Å². The van der Waals surface area contributed by atoms with E-state index < -0.39 is 0 Å². The summed E-state index contributed by atoms with van der Waals surface area (Å²) in [6.07, 6.45) is 0. The minimum Gasteiger partial charge on any atom is -0.504 e. The highest BCUT2D eigenvalue weighted by Gasteiger charge is 2.13. The number of para-hydroxylation sites is 2. The van der Waals surface area contributed by atoms with Crippen molar-refractivity contribution >= 4 is 0 Å². The van der Waals surface area contributed by atoms with E-state index in [9.17, 15) is 5.11 Å². The molecule has 0 amide bonds. The predicted molar refractivity (Wildman–Crippen MR) is 66.6 cm³/mol. The van der Waals surface area contributed by atoms with Crippen molar-refractivity contribution in [3.63, 3.8) is 0 Å². The summed E-state index contributed by atoms with van der Waals surface area (Å²) in [7, 11) is 3.15. The van der Waals surface area contributed by atoms with Crippen LogP contribution in [0.1, 0.15) is 0 Å². The first-order valence-corrected chi connectivity index (χ1v) is 5.27. The molecule has 0 radical (unpaired) electrons. The van der Waals surface area contributed by atoms with Gasteiger partial charge in [0.25, 0.3) is 0 Å². The van der Waals surface area contributed by atoms with Crippen molar-refractivity contribution in [3.8, 4) is 28.4 Å². The molecular formula is C14H14O3. The van der Waals surface area contributed by atoms with Gasteiger partial charge in [0.1, 0.15) is 5.75 Å². The molecule has 2 aromatic rings. The van der Waals surface area contributed by atoms with Gasteiger partial charge in [-0.1, -0.05) is 30.3 Å². The summed E-state index contributed by atoms with van der Waals surface area (Å²) in [4.78, 5) is 0. The number of ether oxygens (including phenoxy) is 2. The lowest BCUT2D eigenvalue weighted by molar-refractivity contribution is 0.374.